The molecule has 3 heterocycles. The van der Waals surface area contributed by atoms with Gasteiger partial charge in [-0.3, -0.25) is 9.59 Å². The number of ether oxygens (including phenoxy) is 2. The molecule has 0 atom stereocenters. The molecule has 0 bridgehead atoms. The summed E-state index contributed by atoms with van der Waals surface area (Å²) in [7, 11) is 3.72. The Morgan fingerprint density at radius 1 is 0.842 bits per heavy atom. The summed E-state index contributed by atoms with van der Waals surface area (Å²) in [5, 5.41) is 6.78. The third-order valence-corrected chi connectivity index (χ3v) is 6.52. The zero-order valence-corrected chi connectivity index (χ0v) is 21.0. The fourth-order valence-corrected chi connectivity index (χ4v) is 4.77. The average Bonchev–Trinajstić information content (AvgIpc) is 3.39. The van der Waals surface area contributed by atoms with Crippen molar-refractivity contribution in [1.82, 2.24) is 5.06 Å². The number of hydrogen-bond donors (Lipinski definition) is 2. The number of carbonyl (C=O) groups excluding carboxylic acids is 4. The lowest BCUT2D eigenvalue weighted by Gasteiger charge is -2.36. The Morgan fingerprint density at radius 2 is 1.39 bits per heavy atom. The van der Waals surface area contributed by atoms with Gasteiger partial charge in [0.1, 0.15) is 11.5 Å². The maximum atomic E-state index is 12.7. The van der Waals surface area contributed by atoms with E-state index in [1.807, 2.05) is 74.8 Å². The molecule has 3 aromatic carbocycles. The second-order valence-corrected chi connectivity index (χ2v) is 8.80. The molecule has 10 heteroatoms. The number of fused-ring (bicyclic) bond motifs is 6. The van der Waals surface area contributed by atoms with Gasteiger partial charge in [-0.2, -0.15) is 0 Å². The number of benzene rings is 3. The second-order valence-electron chi connectivity index (χ2n) is 8.80. The van der Waals surface area contributed by atoms with Crippen LogP contribution in [0.1, 0.15) is 46.8 Å². The second kappa shape index (κ2) is 9.55. The van der Waals surface area contributed by atoms with Gasteiger partial charge in [0.05, 0.1) is 5.56 Å². The van der Waals surface area contributed by atoms with Crippen LogP contribution in [0.25, 0.3) is 0 Å². The monoisotopic (exact) mass is 515 g/mol. The van der Waals surface area contributed by atoms with E-state index in [9.17, 15) is 19.2 Å². The van der Waals surface area contributed by atoms with Crippen molar-refractivity contribution in [2.24, 2.45) is 0 Å². The summed E-state index contributed by atoms with van der Waals surface area (Å²) in [4.78, 5) is 48.9. The first kappa shape index (κ1) is 24.8. The van der Waals surface area contributed by atoms with Crippen LogP contribution in [0.3, 0.4) is 0 Å². The predicted octanol–water partition coefficient (Wildman–Crippen LogP) is 3.95. The fourth-order valence-electron chi connectivity index (χ4n) is 4.77. The van der Waals surface area contributed by atoms with Crippen molar-refractivity contribution in [1.29, 1.82) is 0 Å². The number of hydrogen-bond acceptors (Lipinski definition) is 9. The molecular formula is C28H25N3O7. The van der Waals surface area contributed by atoms with Crippen molar-refractivity contribution < 1.29 is 33.5 Å². The first-order valence-electron chi connectivity index (χ1n) is 12.0. The van der Waals surface area contributed by atoms with E-state index in [0.717, 1.165) is 35.0 Å². The maximum absolute atomic E-state index is 12.7. The van der Waals surface area contributed by atoms with Gasteiger partial charge in [0.2, 0.25) is 0 Å². The van der Waals surface area contributed by atoms with Gasteiger partial charge in [0.25, 0.3) is 11.8 Å². The molecule has 3 aromatic rings. The van der Waals surface area contributed by atoms with Crippen LogP contribution in [-0.2, 0) is 29.6 Å². The predicted molar refractivity (Wildman–Crippen MR) is 137 cm³/mol. The highest BCUT2D eigenvalue weighted by Gasteiger charge is 2.53. The van der Waals surface area contributed by atoms with E-state index in [2.05, 4.69) is 15.5 Å². The molecule has 0 aliphatic carbocycles. The highest BCUT2D eigenvalue weighted by Crippen LogP contribution is 2.56. The van der Waals surface area contributed by atoms with Crippen LogP contribution < -0.4 is 15.4 Å². The maximum Gasteiger partial charge on any atom is 0.340 e. The number of carbonyl (C=O) groups is 4. The van der Waals surface area contributed by atoms with Crippen molar-refractivity contribution in [2.45, 2.75) is 25.4 Å². The van der Waals surface area contributed by atoms with Crippen molar-refractivity contribution in [3.8, 4) is 11.5 Å². The summed E-state index contributed by atoms with van der Waals surface area (Å²) in [6.45, 7) is 1.14. The lowest BCUT2D eigenvalue weighted by molar-refractivity contribution is -0.195. The summed E-state index contributed by atoms with van der Waals surface area (Å²) in [5.74, 6) is -0.539. The molecule has 3 aliphatic rings. The van der Waals surface area contributed by atoms with Gasteiger partial charge in [0.15, 0.2) is 5.60 Å². The molecule has 2 amide bonds. The Morgan fingerprint density at radius 3 is 1.92 bits per heavy atom. The molecular weight excluding hydrogens is 490 g/mol. The quantitative estimate of drug-likeness (QED) is 0.394. The van der Waals surface area contributed by atoms with Crippen LogP contribution >= 0.6 is 0 Å². The number of amides is 2. The summed E-state index contributed by atoms with van der Waals surface area (Å²) >= 11 is 0. The average molecular weight is 516 g/mol. The van der Waals surface area contributed by atoms with E-state index in [0.29, 0.717) is 22.1 Å². The molecule has 3 aliphatic heterocycles. The molecule has 10 nitrogen and oxygen atoms in total. The molecule has 0 unspecified atom stereocenters. The highest BCUT2D eigenvalue weighted by atomic mass is 16.7. The molecule has 2 N–H and O–H groups in total. The number of nitrogens with zero attached hydrogens (tertiary/aromatic N) is 1. The summed E-state index contributed by atoms with van der Waals surface area (Å²) in [5.41, 5.74) is 3.93. The van der Waals surface area contributed by atoms with E-state index in [-0.39, 0.29) is 18.8 Å². The van der Waals surface area contributed by atoms with Gasteiger partial charge in [-0.15, -0.1) is 5.06 Å². The van der Waals surface area contributed by atoms with Crippen LogP contribution in [0.5, 0.6) is 11.5 Å². The number of hydroxylamine groups is 2. The SMILES string of the molecule is CC(=O)ON1C(=O)CCC1=O.CNc1ccc2c(c1)Oc1cc(NC)ccc1C21OC(=O)c2ccccc21. The van der Waals surface area contributed by atoms with E-state index < -0.39 is 23.4 Å². The molecule has 0 aromatic heterocycles. The first-order valence-corrected chi connectivity index (χ1v) is 12.0. The Hall–Kier alpha value is -4.86. The zero-order chi connectivity index (χ0) is 27.0. The molecule has 194 valence electrons. The summed E-state index contributed by atoms with van der Waals surface area (Å²) in [6.07, 6.45) is 0.262. The Balaban J connectivity index is 0.000000226. The van der Waals surface area contributed by atoms with Gasteiger partial charge in [-0.25, -0.2) is 9.59 Å². The minimum Gasteiger partial charge on any atom is -0.456 e. The van der Waals surface area contributed by atoms with Gasteiger partial charge >= 0.3 is 11.9 Å². The van der Waals surface area contributed by atoms with Crippen molar-refractivity contribution >= 4 is 35.1 Å². The molecule has 1 fully saturated rings. The van der Waals surface area contributed by atoms with Crippen LogP contribution in [0.4, 0.5) is 11.4 Å². The molecule has 0 radical (unpaired) electrons. The largest absolute Gasteiger partial charge is 0.456 e. The lowest BCUT2D eigenvalue weighted by atomic mass is 9.77. The molecule has 0 saturated carbocycles. The third kappa shape index (κ3) is 4.00. The number of imide groups is 1. The topological polar surface area (TPSA) is 123 Å². The first-order chi connectivity index (χ1) is 18.3. The van der Waals surface area contributed by atoms with Crippen LogP contribution in [0.15, 0.2) is 60.7 Å². The third-order valence-electron chi connectivity index (χ3n) is 6.52. The zero-order valence-electron chi connectivity index (χ0n) is 21.0. The van der Waals surface area contributed by atoms with Crippen LogP contribution in [0.2, 0.25) is 0 Å². The van der Waals surface area contributed by atoms with Crippen molar-refractivity contribution in [2.75, 3.05) is 24.7 Å². The summed E-state index contributed by atoms with van der Waals surface area (Å²) < 4.78 is 12.3. The van der Waals surface area contributed by atoms with Crippen molar-refractivity contribution in [3.05, 3.63) is 82.9 Å². The number of nitrogens with one attached hydrogen (secondary N) is 2. The van der Waals surface area contributed by atoms with E-state index in [1.165, 1.54) is 0 Å². The number of anilines is 2. The van der Waals surface area contributed by atoms with Gasteiger partial charge in [0, 0.05) is 74.1 Å². The Labute approximate surface area is 218 Å². The standard InChI is InChI=1S/C22H18N2O3.C6H7NO4/c1-23-13-7-9-17-19(11-13)26-20-12-14(24-2)8-10-18(20)22(17)16-6-4-3-5-15(16)21(25)27-22;1-4(8)11-7-5(9)2-3-6(7)10/h3-12,23-24H,1-2H3;2-3H2,1H3. The lowest BCUT2D eigenvalue weighted by Crippen LogP contribution is -2.33. The molecule has 1 spiro atoms. The smallest absolute Gasteiger partial charge is 0.340 e. The van der Waals surface area contributed by atoms with Crippen molar-refractivity contribution in [3.63, 3.8) is 0 Å². The van der Waals surface area contributed by atoms with E-state index >= 15 is 0 Å². The number of rotatable bonds is 3. The molecule has 6 rings (SSSR count). The highest BCUT2D eigenvalue weighted by molar-refractivity contribution is 6.01. The van der Waals surface area contributed by atoms with Crippen LogP contribution in [0, 0.1) is 0 Å². The van der Waals surface area contributed by atoms with Gasteiger partial charge in [-0.1, -0.05) is 18.2 Å². The van der Waals surface area contributed by atoms with E-state index in [1.54, 1.807) is 0 Å². The normalized spacial score (nSPS) is 15.9. The molecule has 38 heavy (non-hydrogen) atoms. The number of esters is 1. The fraction of sp³-hybridized carbons (Fsp3) is 0.214. The Bertz CT molecular complexity index is 1410. The van der Waals surface area contributed by atoms with Crippen LogP contribution in [-0.4, -0.2) is 42.9 Å². The minimum atomic E-state index is -1.00. The van der Waals surface area contributed by atoms with E-state index in [4.69, 9.17) is 9.47 Å². The van der Waals surface area contributed by atoms with Gasteiger partial charge in [-0.05, 0) is 30.3 Å². The Kier molecular flexibility index (Phi) is 6.23. The minimum absolute atomic E-state index is 0.131. The summed E-state index contributed by atoms with van der Waals surface area (Å²) in [6, 6.07) is 19.3. The molecule has 1 saturated heterocycles. The van der Waals surface area contributed by atoms with Gasteiger partial charge < -0.3 is 24.9 Å².